The van der Waals surface area contributed by atoms with E-state index in [9.17, 15) is 13.6 Å². The molecule has 1 aliphatic heterocycles. The standard InChI is InChI=1S/C27H30F2N8O/c1-14(2)37-16(4)32-25-19(28)10-18(11-22(25)37)24-20(29)12-31-27(35-24)34-23-7-6-17-13-36(9-8-21(17)33-23)26(38)15(3)30-5/h6-7,10-12,14-15,30H,8-9,13H2,1-5H3,(H,31,33,34,35)/t15-/m1/s1. The summed E-state index contributed by atoms with van der Waals surface area (Å²) in [4.78, 5) is 31.8. The summed E-state index contributed by atoms with van der Waals surface area (Å²) >= 11 is 0. The first-order valence-corrected chi connectivity index (χ1v) is 12.6. The van der Waals surface area contributed by atoms with Crippen LogP contribution in [0.2, 0.25) is 0 Å². The highest BCUT2D eigenvalue weighted by molar-refractivity contribution is 5.83. The molecule has 0 bridgehead atoms. The third-order valence-electron chi connectivity index (χ3n) is 6.86. The molecule has 0 saturated heterocycles. The molecule has 5 rings (SSSR count). The molecule has 38 heavy (non-hydrogen) atoms. The molecule has 0 radical (unpaired) electrons. The van der Waals surface area contributed by atoms with E-state index >= 15 is 0 Å². The molecule has 11 heteroatoms. The van der Waals surface area contributed by atoms with Gasteiger partial charge in [-0.3, -0.25) is 4.79 Å². The Kier molecular flexibility index (Phi) is 6.78. The van der Waals surface area contributed by atoms with Crippen LogP contribution in [0.4, 0.5) is 20.5 Å². The maximum Gasteiger partial charge on any atom is 0.239 e. The topological polar surface area (TPSA) is 101 Å². The van der Waals surface area contributed by atoms with Crippen LogP contribution in [0.1, 0.15) is 43.9 Å². The van der Waals surface area contributed by atoms with Crippen LogP contribution in [0.3, 0.4) is 0 Å². The normalized spacial score (nSPS) is 14.2. The van der Waals surface area contributed by atoms with Crippen molar-refractivity contribution in [1.82, 2.24) is 34.7 Å². The number of nitrogens with zero attached hydrogens (tertiary/aromatic N) is 6. The van der Waals surface area contributed by atoms with Crippen LogP contribution in [-0.4, -0.2) is 54.9 Å². The second-order valence-corrected chi connectivity index (χ2v) is 9.79. The SMILES string of the molecule is CN[C@H](C)C(=O)N1CCc2nc(Nc3ncc(F)c(-c4cc(F)c5nc(C)n(C(C)C)c5c4)n3)ccc2C1. The van der Waals surface area contributed by atoms with Gasteiger partial charge in [0, 0.05) is 36.8 Å². The lowest BCUT2D eigenvalue weighted by molar-refractivity contribution is -0.133. The highest BCUT2D eigenvalue weighted by atomic mass is 19.1. The molecule has 4 heterocycles. The molecular formula is C27H30F2N8O. The van der Waals surface area contributed by atoms with E-state index in [-0.39, 0.29) is 35.1 Å². The minimum atomic E-state index is -0.666. The molecule has 2 N–H and O–H groups in total. The van der Waals surface area contributed by atoms with Crippen molar-refractivity contribution in [2.24, 2.45) is 0 Å². The summed E-state index contributed by atoms with van der Waals surface area (Å²) < 4.78 is 31.7. The Morgan fingerprint density at radius 1 is 1.08 bits per heavy atom. The molecule has 0 aliphatic carbocycles. The summed E-state index contributed by atoms with van der Waals surface area (Å²) in [6.07, 6.45) is 1.67. The maximum absolute atomic E-state index is 15.0. The number of nitrogens with one attached hydrogen (secondary N) is 2. The van der Waals surface area contributed by atoms with E-state index in [4.69, 9.17) is 0 Å². The van der Waals surface area contributed by atoms with Crippen LogP contribution in [0, 0.1) is 18.6 Å². The predicted octanol–water partition coefficient (Wildman–Crippen LogP) is 4.29. The first-order valence-electron chi connectivity index (χ1n) is 12.6. The van der Waals surface area contributed by atoms with Gasteiger partial charge in [-0.25, -0.2) is 28.7 Å². The summed E-state index contributed by atoms with van der Waals surface area (Å²) in [7, 11) is 1.76. The minimum absolute atomic E-state index is 0.0248. The largest absolute Gasteiger partial charge is 0.337 e. The van der Waals surface area contributed by atoms with E-state index in [2.05, 4.69) is 30.6 Å². The molecule has 1 atom stereocenters. The molecule has 1 aromatic carbocycles. The predicted molar refractivity (Wildman–Crippen MR) is 141 cm³/mol. The molecule has 4 aromatic rings. The first-order chi connectivity index (χ1) is 18.2. The fraction of sp³-hybridized carbons (Fsp3) is 0.370. The van der Waals surface area contributed by atoms with Crippen LogP contribution in [0.15, 0.2) is 30.5 Å². The molecular weight excluding hydrogens is 490 g/mol. The summed E-state index contributed by atoms with van der Waals surface area (Å²) in [6.45, 7) is 8.69. The summed E-state index contributed by atoms with van der Waals surface area (Å²) in [5.41, 5.74) is 2.94. The van der Waals surface area contributed by atoms with E-state index in [1.165, 1.54) is 6.07 Å². The number of benzene rings is 1. The number of anilines is 2. The molecule has 0 fully saturated rings. The van der Waals surface area contributed by atoms with Gasteiger partial charge in [0.25, 0.3) is 0 Å². The van der Waals surface area contributed by atoms with Gasteiger partial charge in [0.05, 0.1) is 17.8 Å². The quantitative estimate of drug-likeness (QED) is 0.391. The zero-order chi connectivity index (χ0) is 27.1. The van der Waals surface area contributed by atoms with Gasteiger partial charge >= 0.3 is 0 Å². The third kappa shape index (κ3) is 4.69. The average Bonchev–Trinajstić information content (AvgIpc) is 3.25. The van der Waals surface area contributed by atoms with Gasteiger partial charge in [0.15, 0.2) is 11.6 Å². The number of hydrogen-bond donors (Lipinski definition) is 2. The van der Waals surface area contributed by atoms with Gasteiger partial charge in [-0.1, -0.05) is 6.07 Å². The summed E-state index contributed by atoms with van der Waals surface area (Å²) in [6, 6.07) is 6.43. The smallest absolute Gasteiger partial charge is 0.239 e. The van der Waals surface area contributed by atoms with Gasteiger partial charge in [-0.2, -0.15) is 0 Å². The van der Waals surface area contributed by atoms with Gasteiger partial charge in [-0.15, -0.1) is 0 Å². The Morgan fingerprint density at radius 2 is 1.87 bits per heavy atom. The Morgan fingerprint density at radius 3 is 2.61 bits per heavy atom. The Balaban J connectivity index is 1.42. The number of aromatic nitrogens is 5. The average molecular weight is 521 g/mol. The van der Waals surface area contributed by atoms with Crippen LogP contribution in [-0.2, 0) is 17.8 Å². The number of halogens is 2. The van der Waals surface area contributed by atoms with E-state index in [0.29, 0.717) is 42.2 Å². The van der Waals surface area contributed by atoms with Gasteiger partial charge in [0.1, 0.15) is 22.9 Å². The highest BCUT2D eigenvalue weighted by Crippen LogP contribution is 2.30. The zero-order valence-electron chi connectivity index (χ0n) is 22.0. The lowest BCUT2D eigenvalue weighted by atomic mass is 10.0. The van der Waals surface area contributed by atoms with Crippen molar-refractivity contribution in [3.63, 3.8) is 0 Å². The number of fused-ring (bicyclic) bond motifs is 2. The monoisotopic (exact) mass is 520 g/mol. The number of carbonyl (C=O) groups is 1. The zero-order valence-corrected chi connectivity index (χ0v) is 22.0. The lowest BCUT2D eigenvalue weighted by Crippen LogP contribution is -2.45. The number of aryl methyl sites for hydroxylation is 1. The van der Waals surface area contributed by atoms with E-state index in [1.807, 2.05) is 43.2 Å². The Hall–Kier alpha value is -3.99. The second-order valence-electron chi connectivity index (χ2n) is 9.79. The number of likely N-dealkylation sites (N-methyl/N-ethyl adjacent to an activating group) is 1. The van der Waals surface area contributed by atoms with Crippen molar-refractivity contribution in [1.29, 1.82) is 0 Å². The summed E-state index contributed by atoms with van der Waals surface area (Å²) in [5, 5.41) is 6.02. The van der Waals surface area contributed by atoms with Crippen molar-refractivity contribution < 1.29 is 13.6 Å². The number of hydrogen-bond acceptors (Lipinski definition) is 7. The number of rotatable bonds is 6. The fourth-order valence-corrected chi connectivity index (χ4v) is 4.87. The van der Waals surface area contributed by atoms with E-state index in [1.54, 1.807) is 19.2 Å². The second kappa shape index (κ2) is 10.1. The lowest BCUT2D eigenvalue weighted by Gasteiger charge is -2.30. The summed E-state index contributed by atoms with van der Waals surface area (Å²) in [5.74, 6) is 0.159. The number of carbonyl (C=O) groups excluding carboxylic acids is 1. The number of imidazole rings is 1. The number of amides is 1. The molecule has 1 amide bonds. The Bertz CT molecular complexity index is 1530. The van der Waals surface area contributed by atoms with E-state index in [0.717, 1.165) is 17.5 Å². The van der Waals surface area contributed by atoms with Gasteiger partial charge in [0.2, 0.25) is 11.9 Å². The van der Waals surface area contributed by atoms with Crippen molar-refractivity contribution in [2.45, 2.75) is 52.7 Å². The maximum atomic E-state index is 15.0. The van der Waals surface area contributed by atoms with Gasteiger partial charge < -0.3 is 20.1 Å². The first kappa shape index (κ1) is 25.7. The molecule has 9 nitrogen and oxygen atoms in total. The minimum Gasteiger partial charge on any atom is -0.337 e. The van der Waals surface area contributed by atoms with Crippen LogP contribution in [0.25, 0.3) is 22.3 Å². The highest BCUT2D eigenvalue weighted by Gasteiger charge is 2.25. The molecule has 0 spiro atoms. The molecule has 1 aliphatic rings. The van der Waals surface area contributed by atoms with Gasteiger partial charge in [-0.05, 0) is 58.5 Å². The van der Waals surface area contributed by atoms with E-state index < -0.39 is 11.6 Å². The van der Waals surface area contributed by atoms with Crippen molar-refractivity contribution in [2.75, 3.05) is 18.9 Å². The van der Waals surface area contributed by atoms with Crippen LogP contribution >= 0.6 is 0 Å². The van der Waals surface area contributed by atoms with Crippen molar-refractivity contribution in [3.8, 4) is 11.3 Å². The van der Waals surface area contributed by atoms with Crippen molar-refractivity contribution >= 4 is 28.7 Å². The molecule has 0 saturated carbocycles. The molecule has 3 aromatic heterocycles. The Labute approximate surface area is 219 Å². The van der Waals surface area contributed by atoms with Crippen molar-refractivity contribution in [3.05, 3.63) is 59.2 Å². The van der Waals surface area contributed by atoms with Crippen LogP contribution in [0.5, 0.6) is 0 Å². The fourth-order valence-electron chi connectivity index (χ4n) is 4.87. The third-order valence-corrected chi connectivity index (χ3v) is 6.86. The molecule has 198 valence electrons. The van der Waals surface area contributed by atoms with Crippen LogP contribution < -0.4 is 10.6 Å². The molecule has 0 unspecified atom stereocenters. The number of pyridine rings is 1.